The largest absolute Gasteiger partial charge is 0.397 e. The number of hydrogen-bond acceptors (Lipinski definition) is 5. The van der Waals surface area contributed by atoms with Crippen LogP contribution in [0.3, 0.4) is 0 Å². The van der Waals surface area contributed by atoms with E-state index in [0.29, 0.717) is 27.4 Å². The summed E-state index contributed by atoms with van der Waals surface area (Å²) in [6.45, 7) is 1.80. The van der Waals surface area contributed by atoms with E-state index in [2.05, 4.69) is 20.5 Å². The van der Waals surface area contributed by atoms with Crippen LogP contribution in [0.5, 0.6) is 0 Å². The van der Waals surface area contributed by atoms with Gasteiger partial charge in [0.15, 0.2) is 0 Å². The Morgan fingerprint density at radius 3 is 3.00 bits per heavy atom. The average Bonchev–Trinajstić information content (AvgIpc) is 2.76. The van der Waals surface area contributed by atoms with Crippen molar-refractivity contribution >= 4 is 40.6 Å². The summed E-state index contributed by atoms with van der Waals surface area (Å²) in [4.78, 5) is 15.8. The molecule has 0 atom stereocenters. The highest BCUT2D eigenvalue weighted by atomic mass is 35.5. The van der Waals surface area contributed by atoms with E-state index in [4.69, 9.17) is 17.3 Å². The Morgan fingerprint density at radius 1 is 1.58 bits per heavy atom. The molecule has 1 heterocycles. The van der Waals surface area contributed by atoms with Gasteiger partial charge in [-0.1, -0.05) is 23.4 Å². The SMILES string of the molecule is Cc1nc(SCC(=O)Nc2ccc(Cl)cc2N)n[nH]1. The fourth-order valence-electron chi connectivity index (χ4n) is 1.35. The molecule has 100 valence electrons. The second-order valence-electron chi connectivity index (χ2n) is 3.77. The summed E-state index contributed by atoms with van der Waals surface area (Å²) in [6.07, 6.45) is 0. The van der Waals surface area contributed by atoms with Gasteiger partial charge in [0.05, 0.1) is 17.1 Å². The molecule has 0 saturated carbocycles. The quantitative estimate of drug-likeness (QED) is 0.593. The number of rotatable bonds is 4. The number of H-pyrrole nitrogens is 1. The van der Waals surface area contributed by atoms with Gasteiger partial charge in [-0.25, -0.2) is 4.98 Å². The van der Waals surface area contributed by atoms with E-state index in [0.717, 1.165) is 0 Å². The molecule has 1 aromatic heterocycles. The molecule has 8 heteroatoms. The lowest BCUT2D eigenvalue weighted by atomic mass is 10.2. The number of nitrogens with one attached hydrogen (secondary N) is 2. The van der Waals surface area contributed by atoms with Gasteiger partial charge in [-0.15, -0.1) is 5.10 Å². The first kappa shape index (κ1) is 13.7. The first-order valence-corrected chi connectivity index (χ1v) is 6.77. The molecule has 0 unspecified atom stereocenters. The molecular weight excluding hydrogens is 286 g/mol. The third-order valence-corrected chi connectivity index (χ3v) is 3.28. The third kappa shape index (κ3) is 3.87. The highest BCUT2D eigenvalue weighted by molar-refractivity contribution is 7.99. The summed E-state index contributed by atoms with van der Waals surface area (Å²) in [7, 11) is 0. The summed E-state index contributed by atoms with van der Waals surface area (Å²) < 4.78 is 0. The number of nitrogen functional groups attached to an aromatic ring is 1. The number of benzene rings is 1. The minimum absolute atomic E-state index is 0.179. The van der Waals surface area contributed by atoms with Crippen LogP contribution in [0.4, 0.5) is 11.4 Å². The second-order valence-corrected chi connectivity index (χ2v) is 5.15. The summed E-state index contributed by atoms with van der Waals surface area (Å²) in [5.74, 6) is 0.741. The predicted molar refractivity (Wildman–Crippen MR) is 76.3 cm³/mol. The molecule has 0 aliphatic heterocycles. The summed E-state index contributed by atoms with van der Waals surface area (Å²) in [5, 5.41) is 10.4. The van der Waals surface area contributed by atoms with Crippen LogP contribution >= 0.6 is 23.4 Å². The molecule has 4 N–H and O–H groups in total. The molecule has 1 aromatic carbocycles. The van der Waals surface area contributed by atoms with Crippen molar-refractivity contribution in [2.75, 3.05) is 16.8 Å². The van der Waals surface area contributed by atoms with E-state index in [1.807, 2.05) is 0 Å². The number of aromatic amines is 1. The molecule has 0 radical (unpaired) electrons. The normalized spacial score (nSPS) is 10.4. The minimum Gasteiger partial charge on any atom is -0.397 e. The summed E-state index contributed by atoms with van der Waals surface area (Å²) in [6, 6.07) is 4.92. The van der Waals surface area contributed by atoms with Crippen LogP contribution in [0.25, 0.3) is 0 Å². The Balaban J connectivity index is 1.90. The molecule has 0 aliphatic rings. The third-order valence-electron chi connectivity index (χ3n) is 2.20. The molecule has 0 bridgehead atoms. The Kier molecular flexibility index (Phi) is 4.28. The first-order chi connectivity index (χ1) is 9.04. The molecule has 6 nitrogen and oxygen atoms in total. The molecular formula is C11H12ClN5OS. The number of carbonyl (C=O) groups is 1. The first-order valence-electron chi connectivity index (χ1n) is 5.41. The Hall–Kier alpha value is -1.73. The number of nitrogens with two attached hydrogens (primary N) is 1. The van der Waals surface area contributed by atoms with Crippen LogP contribution in [0.2, 0.25) is 5.02 Å². The number of aryl methyl sites for hydroxylation is 1. The van der Waals surface area contributed by atoms with Gasteiger partial charge in [-0.2, -0.15) is 0 Å². The zero-order valence-electron chi connectivity index (χ0n) is 10.1. The van der Waals surface area contributed by atoms with Crippen LogP contribution < -0.4 is 11.1 Å². The van der Waals surface area contributed by atoms with Crippen molar-refractivity contribution in [1.29, 1.82) is 0 Å². The van der Waals surface area contributed by atoms with Crippen LogP contribution in [0.1, 0.15) is 5.82 Å². The molecule has 0 aliphatic carbocycles. The lowest BCUT2D eigenvalue weighted by Gasteiger charge is -2.07. The van der Waals surface area contributed by atoms with E-state index in [9.17, 15) is 4.79 Å². The smallest absolute Gasteiger partial charge is 0.234 e. The van der Waals surface area contributed by atoms with Crippen molar-refractivity contribution < 1.29 is 4.79 Å². The van der Waals surface area contributed by atoms with Gasteiger partial charge in [-0.05, 0) is 25.1 Å². The molecule has 0 spiro atoms. The van der Waals surface area contributed by atoms with Gasteiger partial charge in [0.25, 0.3) is 0 Å². The zero-order valence-corrected chi connectivity index (χ0v) is 11.7. The Morgan fingerprint density at radius 2 is 2.37 bits per heavy atom. The van der Waals surface area contributed by atoms with Crippen molar-refractivity contribution in [1.82, 2.24) is 15.2 Å². The standard InChI is InChI=1S/C11H12ClN5OS/c1-6-14-11(17-16-6)19-5-10(18)15-9-3-2-7(12)4-8(9)13/h2-4H,5,13H2,1H3,(H,15,18)(H,14,16,17). The van der Waals surface area contributed by atoms with Crippen molar-refractivity contribution in [3.05, 3.63) is 29.0 Å². The number of amides is 1. The number of halogens is 1. The van der Waals surface area contributed by atoms with Crippen molar-refractivity contribution in [3.63, 3.8) is 0 Å². The van der Waals surface area contributed by atoms with Crippen molar-refractivity contribution in [2.45, 2.75) is 12.1 Å². The second kappa shape index (κ2) is 5.94. The molecule has 2 aromatic rings. The number of anilines is 2. The Labute approximate surface area is 119 Å². The van der Waals surface area contributed by atoms with E-state index < -0.39 is 0 Å². The maximum absolute atomic E-state index is 11.7. The number of hydrogen-bond donors (Lipinski definition) is 3. The number of aromatic nitrogens is 3. The number of thioether (sulfide) groups is 1. The van der Waals surface area contributed by atoms with Gasteiger partial charge < -0.3 is 11.1 Å². The van der Waals surface area contributed by atoms with E-state index >= 15 is 0 Å². The Bertz CT molecular complexity index is 601. The monoisotopic (exact) mass is 297 g/mol. The van der Waals surface area contributed by atoms with Crippen LogP contribution in [0.15, 0.2) is 23.4 Å². The predicted octanol–water partition coefficient (Wildman–Crippen LogP) is 2.08. The van der Waals surface area contributed by atoms with Gasteiger partial charge >= 0.3 is 0 Å². The fourth-order valence-corrected chi connectivity index (χ4v) is 2.18. The summed E-state index contributed by atoms with van der Waals surface area (Å²) >= 11 is 7.03. The zero-order chi connectivity index (χ0) is 13.8. The lowest BCUT2D eigenvalue weighted by Crippen LogP contribution is -2.15. The highest BCUT2D eigenvalue weighted by Gasteiger charge is 2.08. The highest BCUT2D eigenvalue weighted by Crippen LogP contribution is 2.23. The molecule has 2 rings (SSSR count). The number of nitrogens with zero attached hydrogens (tertiary/aromatic N) is 2. The lowest BCUT2D eigenvalue weighted by molar-refractivity contribution is -0.113. The van der Waals surface area contributed by atoms with Gasteiger partial charge in [0.1, 0.15) is 5.82 Å². The molecule has 1 amide bonds. The van der Waals surface area contributed by atoms with Gasteiger partial charge in [0.2, 0.25) is 11.1 Å². The van der Waals surface area contributed by atoms with Crippen LogP contribution in [-0.2, 0) is 4.79 Å². The van der Waals surface area contributed by atoms with E-state index in [1.165, 1.54) is 11.8 Å². The maximum atomic E-state index is 11.7. The van der Waals surface area contributed by atoms with Gasteiger partial charge in [-0.3, -0.25) is 9.89 Å². The average molecular weight is 298 g/mol. The number of carbonyl (C=O) groups excluding carboxylic acids is 1. The van der Waals surface area contributed by atoms with Crippen LogP contribution in [0, 0.1) is 6.92 Å². The topological polar surface area (TPSA) is 96.7 Å². The maximum Gasteiger partial charge on any atom is 0.234 e. The molecule has 0 fully saturated rings. The van der Waals surface area contributed by atoms with Crippen molar-refractivity contribution in [2.24, 2.45) is 0 Å². The van der Waals surface area contributed by atoms with E-state index in [1.54, 1.807) is 25.1 Å². The van der Waals surface area contributed by atoms with Crippen molar-refractivity contribution in [3.8, 4) is 0 Å². The molecule has 19 heavy (non-hydrogen) atoms. The van der Waals surface area contributed by atoms with E-state index in [-0.39, 0.29) is 11.7 Å². The van der Waals surface area contributed by atoms with Gasteiger partial charge in [0, 0.05) is 5.02 Å². The van der Waals surface area contributed by atoms with Crippen LogP contribution in [-0.4, -0.2) is 26.8 Å². The minimum atomic E-state index is -0.179. The fraction of sp³-hybridized carbons (Fsp3) is 0.182. The molecule has 0 saturated heterocycles. The summed E-state index contributed by atoms with van der Waals surface area (Å²) in [5.41, 5.74) is 6.72.